The number of aryl methyl sites for hydroxylation is 1. The highest BCUT2D eigenvalue weighted by Crippen LogP contribution is 2.25. The standard InChI is InChI=1S/C14H21OSi/c1-4-7-12-9-6-10-13(11(3)15-16)14(12)8-5-2/h6,9-11H,4-5,7-8H2,1-3H3. The van der Waals surface area contributed by atoms with Gasteiger partial charge in [-0.05, 0) is 36.5 Å². The normalized spacial score (nSPS) is 12.8. The first-order chi connectivity index (χ1) is 7.74. The van der Waals surface area contributed by atoms with Crippen LogP contribution in [0.3, 0.4) is 0 Å². The van der Waals surface area contributed by atoms with E-state index in [4.69, 9.17) is 4.43 Å². The Bertz CT molecular complexity index is 323. The van der Waals surface area contributed by atoms with Crippen LogP contribution >= 0.6 is 0 Å². The first kappa shape index (κ1) is 13.5. The van der Waals surface area contributed by atoms with Gasteiger partial charge in [-0.2, -0.15) is 0 Å². The molecule has 0 bridgehead atoms. The zero-order valence-corrected chi connectivity index (χ0v) is 11.5. The fourth-order valence-corrected chi connectivity index (χ4v) is 2.28. The van der Waals surface area contributed by atoms with E-state index in [1.54, 1.807) is 0 Å². The second-order valence-corrected chi connectivity index (χ2v) is 4.48. The maximum Gasteiger partial charge on any atom is 0.247 e. The molecule has 0 N–H and O–H groups in total. The average Bonchev–Trinajstić information content (AvgIpc) is 2.31. The maximum atomic E-state index is 5.26. The quantitative estimate of drug-likeness (QED) is 0.680. The van der Waals surface area contributed by atoms with Crippen molar-refractivity contribution in [2.45, 2.75) is 52.6 Å². The van der Waals surface area contributed by atoms with Gasteiger partial charge in [0, 0.05) is 0 Å². The Balaban J connectivity index is 3.09. The summed E-state index contributed by atoms with van der Waals surface area (Å²) in [7, 11) is 3.15. The van der Waals surface area contributed by atoms with Gasteiger partial charge in [-0.3, -0.25) is 0 Å². The number of benzene rings is 1. The lowest BCUT2D eigenvalue weighted by Crippen LogP contribution is -2.05. The molecule has 0 aromatic heterocycles. The molecule has 2 heteroatoms. The Morgan fingerprint density at radius 2 is 1.88 bits per heavy atom. The first-order valence-electron chi connectivity index (χ1n) is 6.17. The van der Waals surface area contributed by atoms with Crippen molar-refractivity contribution < 1.29 is 4.43 Å². The van der Waals surface area contributed by atoms with E-state index in [2.05, 4.69) is 49.5 Å². The molecule has 1 aromatic rings. The molecule has 0 saturated carbocycles. The van der Waals surface area contributed by atoms with Gasteiger partial charge >= 0.3 is 0 Å². The molecule has 1 aromatic carbocycles. The predicted molar refractivity (Wildman–Crippen MR) is 69.7 cm³/mol. The van der Waals surface area contributed by atoms with Crippen LogP contribution in [0.1, 0.15) is 56.4 Å². The summed E-state index contributed by atoms with van der Waals surface area (Å²) in [6, 6.07) is 6.56. The molecule has 0 fully saturated rings. The lowest BCUT2D eigenvalue weighted by molar-refractivity contribution is 0.249. The number of rotatable bonds is 6. The molecule has 1 atom stereocenters. The first-order valence-corrected chi connectivity index (χ1v) is 6.58. The van der Waals surface area contributed by atoms with Crippen LogP contribution in [0.4, 0.5) is 0 Å². The molecule has 0 saturated heterocycles. The van der Waals surface area contributed by atoms with E-state index < -0.39 is 0 Å². The molecule has 1 nitrogen and oxygen atoms in total. The van der Waals surface area contributed by atoms with Crippen LogP contribution in [-0.2, 0) is 17.3 Å². The van der Waals surface area contributed by atoms with E-state index in [1.165, 1.54) is 29.5 Å². The van der Waals surface area contributed by atoms with Crippen LogP contribution in [-0.4, -0.2) is 10.5 Å². The minimum absolute atomic E-state index is 0.120. The van der Waals surface area contributed by atoms with Gasteiger partial charge in [0.05, 0.1) is 6.10 Å². The Labute approximate surface area is 103 Å². The van der Waals surface area contributed by atoms with E-state index >= 15 is 0 Å². The molecule has 0 amide bonds. The topological polar surface area (TPSA) is 9.23 Å². The van der Waals surface area contributed by atoms with Crippen LogP contribution in [0.25, 0.3) is 0 Å². The van der Waals surface area contributed by atoms with E-state index in [0.29, 0.717) is 0 Å². The van der Waals surface area contributed by atoms with Gasteiger partial charge < -0.3 is 4.43 Å². The smallest absolute Gasteiger partial charge is 0.247 e. The molecule has 0 heterocycles. The van der Waals surface area contributed by atoms with Gasteiger partial charge in [-0.15, -0.1) is 0 Å². The van der Waals surface area contributed by atoms with Crippen LogP contribution in [0, 0.1) is 0 Å². The third kappa shape index (κ3) is 3.19. The zero-order chi connectivity index (χ0) is 12.0. The SMILES string of the molecule is CCCc1cccc(C(C)O[Si])c1CCC. The highest BCUT2D eigenvalue weighted by atomic mass is 28.2. The Morgan fingerprint density at radius 1 is 1.19 bits per heavy atom. The maximum absolute atomic E-state index is 5.26. The molecular formula is C14H21OSi. The van der Waals surface area contributed by atoms with Gasteiger partial charge in [0.1, 0.15) is 0 Å². The number of hydrogen-bond acceptors (Lipinski definition) is 1. The van der Waals surface area contributed by atoms with Gasteiger partial charge in [0.15, 0.2) is 0 Å². The Kier molecular flexibility index (Phi) is 5.78. The summed E-state index contributed by atoms with van der Waals surface area (Å²) in [5.74, 6) is 0. The van der Waals surface area contributed by atoms with E-state index in [1.807, 2.05) is 0 Å². The molecule has 87 valence electrons. The molecule has 0 spiro atoms. The molecule has 16 heavy (non-hydrogen) atoms. The van der Waals surface area contributed by atoms with Crippen molar-refractivity contribution in [1.82, 2.24) is 0 Å². The average molecular weight is 233 g/mol. The third-order valence-corrected chi connectivity index (χ3v) is 3.30. The van der Waals surface area contributed by atoms with Gasteiger partial charge in [-0.25, -0.2) is 0 Å². The molecule has 0 aliphatic carbocycles. The van der Waals surface area contributed by atoms with E-state index in [0.717, 1.165) is 12.8 Å². The highest BCUT2D eigenvalue weighted by molar-refractivity contribution is 5.98. The molecule has 1 rings (SSSR count). The second kappa shape index (κ2) is 6.87. The summed E-state index contributed by atoms with van der Waals surface area (Å²) in [6.45, 7) is 6.54. The summed E-state index contributed by atoms with van der Waals surface area (Å²) in [4.78, 5) is 0. The van der Waals surface area contributed by atoms with Crippen molar-refractivity contribution in [2.75, 3.05) is 0 Å². The third-order valence-electron chi connectivity index (χ3n) is 2.94. The van der Waals surface area contributed by atoms with E-state index in [-0.39, 0.29) is 6.10 Å². The van der Waals surface area contributed by atoms with Crippen LogP contribution in [0.5, 0.6) is 0 Å². The van der Waals surface area contributed by atoms with Crippen molar-refractivity contribution in [3.05, 3.63) is 34.9 Å². The lowest BCUT2D eigenvalue weighted by atomic mass is 9.92. The molecular weight excluding hydrogens is 212 g/mol. The fraction of sp³-hybridized carbons (Fsp3) is 0.571. The molecule has 0 aliphatic heterocycles. The van der Waals surface area contributed by atoms with Crippen molar-refractivity contribution in [3.63, 3.8) is 0 Å². The van der Waals surface area contributed by atoms with Crippen LogP contribution in [0.15, 0.2) is 18.2 Å². The second-order valence-electron chi connectivity index (χ2n) is 4.24. The fourth-order valence-electron chi connectivity index (χ4n) is 2.16. The van der Waals surface area contributed by atoms with Crippen molar-refractivity contribution in [3.8, 4) is 0 Å². The van der Waals surface area contributed by atoms with Crippen molar-refractivity contribution >= 4 is 10.5 Å². The summed E-state index contributed by atoms with van der Waals surface area (Å²) < 4.78 is 5.26. The summed E-state index contributed by atoms with van der Waals surface area (Å²) in [6.07, 6.45) is 4.81. The van der Waals surface area contributed by atoms with Gasteiger partial charge in [-0.1, -0.05) is 44.9 Å². The van der Waals surface area contributed by atoms with Crippen LogP contribution < -0.4 is 0 Å². The molecule has 1 unspecified atom stereocenters. The molecule has 3 radical (unpaired) electrons. The monoisotopic (exact) mass is 233 g/mol. The van der Waals surface area contributed by atoms with Crippen molar-refractivity contribution in [1.29, 1.82) is 0 Å². The highest BCUT2D eigenvalue weighted by Gasteiger charge is 2.12. The lowest BCUT2D eigenvalue weighted by Gasteiger charge is -2.18. The summed E-state index contributed by atoms with van der Waals surface area (Å²) >= 11 is 0. The minimum Gasteiger partial charge on any atom is -0.412 e. The van der Waals surface area contributed by atoms with E-state index in [9.17, 15) is 0 Å². The van der Waals surface area contributed by atoms with Crippen molar-refractivity contribution in [2.24, 2.45) is 0 Å². The summed E-state index contributed by atoms with van der Waals surface area (Å²) in [5, 5.41) is 0. The van der Waals surface area contributed by atoms with Gasteiger partial charge in [0.2, 0.25) is 10.5 Å². The van der Waals surface area contributed by atoms with Gasteiger partial charge in [0.25, 0.3) is 0 Å². The minimum atomic E-state index is 0.120. The largest absolute Gasteiger partial charge is 0.412 e. The Hall–Kier alpha value is -0.603. The zero-order valence-electron chi connectivity index (χ0n) is 10.5. The molecule has 0 aliphatic rings. The summed E-state index contributed by atoms with van der Waals surface area (Å²) in [5.41, 5.74) is 4.29. The Morgan fingerprint density at radius 3 is 2.44 bits per heavy atom. The van der Waals surface area contributed by atoms with Crippen LogP contribution in [0.2, 0.25) is 0 Å². The predicted octanol–water partition coefficient (Wildman–Crippen LogP) is 3.75. The number of hydrogen-bond donors (Lipinski definition) is 0.